The Bertz CT molecular complexity index is 587. The Morgan fingerprint density at radius 2 is 1.72 bits per heavy atom. The Morgan fingerprint density at radius 1 is 1.00 bits per heavy atom. The molecule has 0 aliphatic carbocycles. The maximum Gasteiger partial charge on any atom is 0.289 e. The molecule has 0 unspecified atom stereocenters. The molecule has 0 radical (unpaired) electrons. The van der Waals surface area contributed by atoms with Gasteiger partial charge < -0.3 is 19.0 Å². The highest BCUT2D eigenvalue weighted by Gasteiger charge is 2.26. The van der Waals surface area contributed by atoms with Crippen LogP contribution in [-0.4, -0.2) is 79.4 Å². The second kappa shape index (κ2) is 8.49. The summed E-state index contributed by atoms with van der Waals surface area (Å²) in [7, 11) is 1.59. The molecule has 1 aromatic rings. The minimum Gasteiger partial charge on any atom is -0.453 e. The van der Waals surface area contributed by atoms with Crippen LogP contribution in [0.5, 0.6) is 0 Å². The van der Waals surface area contributed by atoms with E-state index in [1.165, 1.54) is 6.42 Å². The minimum absolute atomic E-state index is 0.0932. The molecule has 138 valence electrons. The molecule has 2 fully saturated rings. The number of piperazine rings is 1. The van der Waals surface area contributed by atoms with E-state index >= 15 is 0 Å². The Labute approximate surface area is 148 Å². The lowest BCUT2D eigenvalue weighted by molar-refractivity contribution is -0.133. The standard InChI is InChI=1S/C18H27N3O4/c1-24-14-15-5-6-16(25-15)18(23)21-11-9-19(10-12-21)13-17(22)20-7-3-2-4-8-20/h5-6H,2-4,7-14H2,1H3. The van der Waals surface area contributed by atoms with Gasteiger partial charge in [-0.3, -0.25) is 14.5 Å². The fraction of sp³-hybridized carbons (Fsp3) is 0.667. The van der Waals surface area contributed by atoms with Crippen LogP contribution >= 0.6 is 0 Å². The smallest absolute Gasteiger partial charge is 0.289 e. The summed E-state index contributed by atoms with van der Waals surface area (Å²) in [5, 5.41) is 0. The van der Waals surface area contributed by atoms with Gasteiger partial charge in [0.2, 0.25) is 5.91 Å². The number of hydrogen-bond donors (Lipinski definition) is 0. The van der Waals surface area contributed by atoms with Crippen LogP contribution in [0, 0.1) is 0 Å². The number of methoxy groups -OCH3 is 1. The van der Waals surface area contributed by atoms with Crippen LogP contribution in [0.25, 0.3) is 0 Å². The van der Waals surface area contributed by atoms with E-state index in [2.05, 4.69) is 4.90 Å². The van der Waals surface area contributed by atoms with Gasteiger partial charge in [-0.2, -0.15) is 0 Å². The molecule has 2 aliphatic rings. The molecule has 25 heavy (non-hydrogen) atoms. The molecular formula is C18H27N3O4. The van der Waals surface area contributed by atoms with E-state index in [1.807, 2.05) is 4.90 Å². The average molecular weight is 349 g/mol. The van der Waals surface area contributed by atoms with Crippen LogP contribution in [-0.2, 0) is 16.1 Å². The predicted molar refractivity (Wildman–Crippen MR) is 92.2 cm³/mol. The van der Waals surface area contributed by atoms with Gasteiger partial charge in [0.05, 0.1) is 6.54 Å². The zero-order chi connectivity index (χ0) is 17.6. The molecule has 0 N–H and O–H groups in total. The molecule has 2 saturated heterocycles. The lowest BCUT2D eigenvalue weighted by Crippen LogP contribution is -2.52. The zero-order valence-electron chi connectivity index (χ0n) is 14.9. The fourth-order valence-electron chi connectivity index (χ4n) is 3.41. The lowest BCUT2D eigenvalue weighted by atomic mass is 10.1. The van der Waals surface area contributed by atoms with Crippen LogP contribution in [0.2, 0.25) is 0 Å². The summed E-state index contributed by atoms with van der Waals surface area (Å²) < 4.78 is 10.5. The number of likely N-dealkylation sites (tertiary alicyclic amines) is 1. The quantitative estimate of drug-likeness (QED) is 0.799. The van der Waals surface area contributed by atoms with E-state index < -0.39 is 0 Å². The minimum atomic E-state index is -0.0932. The largest absolute Gasteiger partial charge is 0.453 e. The second-order valence-corrected chi connectivity index (χ2v) is 6.71. The van der Waals surface area contributed by atoms with Crippen LogP contribution in [0.4, 0.5) is 0 Å². The van der Waals surface area contributed by atoms with Crippen molar-refractivity contribution >= 4 is 11.8 Å². The van der Waals surface area contributed by atoms with Gasteiger partial charge in [-0.05, 0) is 31.4 Å². The first-order chi connectivity index (χ1) is 12.2. The number of carbonyl (C=O) groups excluding carboxylic acids is 2. The van der Waals surface area contributed by atoms with Crippen molar-refractivity contribution in [3.05, 3.63) is 23.7 Å². The van der Waals surface area contributed by atoms with Crippen LogP contribution in [0.15, 0.2) is 16.5 Å². The summed E-state index contributed by atoms with van der Waals surface area (Å²) in [6.07, 6.45) is 3.45. The molecule has 0 saturated carbocycles. The van der Waals surface area contributed by atoms with E-state index in [1.54, 1.807) is 24.1 Å². The van der Waals surface area contributed by atoms with E-state index in [9.17, 15) is 9.59 Å². The Hall–Kier alpha value is -1.86. The van der Waals surface area contributed by atoms with Gasteiger partial charge in [0.25, 0.3) is 5.91 Å². The number of hydrogen-bond acceptors (Lipinski definition) is 5. The van der Waals surface area contributed by atoms with Crippen LogP contribution in [0.1, 0.15) is 35.6 Å². The molecular weight excluding hydrogens is 322 g/mol. The average Bonchev–Trinajstić information content (AvgIpc) is 3.11. The number of amides is 2. The molecule has 3 heterocycles. The highest BCUT2D eigenvalue weighted by molar-refractivity contribution is 5.91. The van der Waals surface area contributed by atoms with Gasteiger partial charge in [-0.25, -0.2) is 0 Å². The van der Waals surface area contributed by atoms with Gasteiger partial charge >= 0.3 is 0 Å². The van der Waals surface area contributed by atoms with Crippen molar-refractivity contribution in [3.8, 4) is 0 Å². The molecule has 0 bridgehead atoms. The number of nitrogens with zero attached hydrogens (tertiary/aromatic N) is 3. The number of rotatable bonds is 5. The van der Waals surface area contributed by atoms with Gasteiger partial charge in [-0.1, -0.05) is 0 Å². The van der Waals surface area contributed by atoms with Crippen molar-refractivity contribution in [2.24, 2.45) is 0 Å². The number of furan rings is 1. The first kappa shape index (κ1) is 17.9. The van der Waals surface area contributed by atoms with Crippen LogP contribution in [0.3, 0.4) is 0 Å². The molecule has 2 amide bonds. The molecule has 0 aromatic carbocycles. The molecule has 2 aliphatic heterocycles. The topological polar surface area (TPSA) is 66.2 Å². The third kappa shape index (κ3) is 4.61. The van der Waals surface area contributed by atoms with E-state index in [4.69, 9.17) is 9.15 Å². The van der Waals surface area contributed by atoms with Crippen molar-refractivity contribution in [2.75, 3.05) is 52.9 Å². The Kier molecular flexibility index (Phi) is 6.09. The maximum absolute atomic E-state index is 12.5. The first-order valence-electron chi connectivity index (χ1n) is 9.04. The molecule has 7 nitrogen and oxygen atoms in total. The van der Waals surface area contributed by atoms with Crippen molar-refractivity contribution in [1.29, 1.82) is 0 Å². The van der Waals surface area contributed by atoms with E-state index in [0.717, 1.165) is 39.0 Å². The van der Waals surface area contributed by atoms with Crippen molar-refractivity contribution in [1.82, 2.24) is 14.7 Å². The van der Waals surface area contributed by atoms with Crippen LogP contribution < -0.4 is 0 Å². The zero-order valence-corrected chi connectivity index (χ0v) is 14.9. The maximum atomic E-state index is 12.5. The normalized spacial score (nSPS) is 19.2. The lowest BCUT2D eigenvalue weighted by Gasteiger charge is -2.35. The SMILES string of the molecule is COCc1ccc(C(=O)N2CCN(CC(=O)N3CCCCC3)CC2)o1. The summed E-state index contributed by atoms with van der Waals surface area (Å²) in [5.41, 5.74) is 0. The second-order valence-electron chi connectivity index (χ2n) is 6.71. The van der Waals surface area contributed by atoms with Gasteiger partial charge in [-0.15, -0.1) is 0 Å². The highest BCUT2D eigenvalue weighted by Crippen LogP contribution is 2.14. The van der Waals surface area contributed by atoms with E-state index in [0.29, 0.717) is 37.8 Å². The molecule has 1 aromatic heterocycles. The summed E-state index contributed by atoms with van der Waals surface area (Å²) >= 11 is 0. The van der Waals surface area contributed by atoms with Gasteiger partial charge in [0.15, 0.2) is 5.76 Å². The summed E-state index contributed by atoms with van der Waals surface area (Å²) in [5.74, 6) is 1.13. The van der Waals surface area contributed by atoms with Gasteiger partial charge in [0.1, 0.15) is 12.4 Å². The molecule has 0 spiro atoms. The van der Waals surface area contributed by atoms with E-state index in [-0.39, 0.29) is 11.8 Å². The summed E-state index contributed by atoms with van der Waals surface area (Å²) in [6.45, 7) is 5.27. The summed E-state index contributed by atoms with van der Waals surface area (Å²) in [6, 6.07) is 3.47. The van der Waals surface area contributed by atoms with Gasteiger partial charge in [0, 0.05) is 46.4 Å². The molecule has 0 atom stereocenters. The summed E-state index contributed by atoms with van der Waals surface area (Å²) in [4.78, 5) is 30.7. The molecule has 7 heteroatoms. The number of piperidine rings is 1. The monoisotopic (exact) mass is 349 g/mol. The highest BCUT2D eigenvalue weighted by atomic mass is 16.5. The number of carbonyl (C=O) groups is 2. The van der Waals surface area contributed by atoms with Crippen molar-refractivity contribution in [3.63, 3.8) is 0 Å². The first-order valence-corrected chi connectivity index (χ1v) is 9.04. The fourth-order valence-corrected chi connectivity index (χ4v) is 3.41. The van der Waals surface area contributed by atoms with Crippen molar-refractivity contribution in [2.45, 2.75) is 25.9 Å². The third-order valence-electron chi connectivity index (χ3n) is 4.89. The molecule has 3 rings (SSSR count). The Balaban J connectivity index is 1.46. The number of ether oxygens (including phenoxy) is 1. The third-order valence-corrected chi connectivity index (χ3v) is 4.89. The van der Waals surface area contributed by atoms with Crippen molar-refractivity contribution < 1.29 is 18.7 Å². The Morgan fingerprint density at radius 3 is 2.40 bits per heavy atom. The predicted octanol–water partition coefficient (Wildman–Crippen LogP) is 1.20.